The molecule has 8 heteroatoms. The third-order valence-corrected chi connectivity index (χ3v) is 7.62. The summed E-state index contributed by atoms with van der Waals surface area (Å²) in [7, 11) is -3.52. The molecule has 0 aliphatic carbocycles. The molecule has 21 heavy (non-hydrogen) atoms. The maximum Gasteiger partial charge on any atom is 0.252 e. The van der Waals surface area contributed by atoms with E-state index in [0.29, 0.717) is 43.8 Å². The molecular weight excluding hydrogens is 310 g/mol. The molecule has 1 N–H and O–H groups in total. The van der Waals surface area contributed by atoms with Crippen molar-refractivity contribution in [2.24, 2.45) is 5.41 Å². The highest BCUT2D eigenvalue weighted by Gasteiger charge is 2.43. The number of hydrogen-bond acceptors (Lipinski definition) is 5. The number of piperidine rings is 1. The van der Waals surface area contributed by atoms with Gasteiger partial charge in [-0.05, 0) is 30.4 Å². The van der Waals surface area contributed by atoms with Crippen LogP contribution in [0.4, 0.5) is 0 Å². The van der Waals surface area contributed by atoms with Gasteiger partial charge in [0.05, 0.1) is 0 Å². The number of rotatable bonds is 2. The first-order valence-corrected chi connectivity index (χ1v) is 8.98. The summed E-state index contributed by atoms with van der Waals surface area (Å²) in [6, 6.07) is 4.98. The van der Waals surface area contributed by atoms with Gasteiger partial charge in [-0.1, -0.05) is 0 Å². The van der Waals surface area contributed by atoms with Crippen LogP contribution in [-0.4, -0.2) is 38.3 Å². The fraction of sp³-hybridized carbons (Fsp3) is 0.538. The Bertz CT molecular complexity index is 709. The van der Waals surface area contributed by atoms with Gasteiger partial charge in [0.25, 0.3) is 10.0 Å². The van der Waals surface area contributed by atoms with Crippen molar-refractivity contribution < 1.29 is 13.2 Å². The van der Waals surface area contributed by atoms with E-state index in [-0.39, 0.29) is 15.5 Å². The SMILES string of the molecule is N#Cc1ccc(S(=O)(=O)N2CCC3(CC2)CNC(=O)C3)s1. The Morgan fingerprint density at radius 1 is 1.33 bits per heavy atom. The molecule has 2 aliphatic rings. The minimum atomic E-state index is -3.52. The molecule has 2 saturated heterocycles. The molecule has 112 valence electrons. The Hall–Kier alpha value is -1.43. The van der Waals surface area contributed by atoms with Gasteiger partial charge in [-0.2, -0.15) is 9.57 Å². The Labute approximate surface area is 127 Å². The first-order chi connectivity index (χ1) is 9.95. The summed E-state index contributed by atoms with van der Waals surface area (Å²) in [5, 5.41) is 11.6. The van der Waals surface area contributed by atoms with E-state index in [1.54, 1.807) is 0 Å². The van der Waals surface area contributed by atoms with Crippen molar-refractivity contribution in [1.29, 1.82) is 5.26 Å². The van der Waals surface area contributed by atoms with E-state index in [9.17, 15) is 13.2 Å². The lowest BCUT2D eigenvalue weighted by atomic mass is 9.78. The van der Waals surface area contributed by atoms with Gasteiger partial charge in [-0.25, -0.2) is 8.42 Å². The molecule has 1 amide bonds. The first-order valence-electron chi connectivity index (χ1n) is 6.72. The average molecular weight is 325 g/mol. The zero-order valence-electron chi connectivity index (χ0n) is 11.3. The quantitative estimate of drug-likeness (QED) is 0.875. The molecule has 0 radical (unpaired) electrons. The largest absolute Gasteiger partial charge is 0.356 e. The van der Waals surface area contributed by atoms with E-state index in [4.69, 9.17) is 5.26 Å². The van der Waals surface area contributed by atoms with Crippen molar-refractivity contribution in [3.63, 3.8) is 0 Å². The van der Waals surface area contributed by atoms with Gasteiger partial charge < -0.3 is 5.32 Å². The number of carbonyl (C=O) groups excluding carboxylic acids is 1. The molecular formula is C13H15N3O3S2. The van der Waals surface area contributed by atoms with E-state index in [0.717, 1.165) is 11.3 Å². The highest BCUT2D eigenvalue weighted by atomic mass is 32.2. The van der Waals surface area contributed by atoms with E-state index in [1.807, 2.05) is 6.07 Å². The monoisotopic (exact) mass is 325 g/mol. The number of hydrogen-bond donors (Lipinski definition) is 1. The maximum atomic E-state index is 12.5. The Morgan fingerprint density at radius 3 is 2.57 bits per heavy atom. The first kappa shape index (κ1) is 14.5. The van der Waals surface area contributed by atoms with Gasteiger partial charge in [-0.15, -0.1) is 11.3 Å². The molecule has 6 nitrogen and oxygen atoms in total. The summed E-state index contributed by atoms with van der Waals surface area (Å²) in [5.74, 6) is 0.0585. The zero-order valence-corrected chi connectivity index (χ0v) is 13.0. The molecule has 1 aromatic rings. The fourth-order valence-corrected chi connectivity index (χ4v) is 5.65. The van der Waals surface area contributed by atoms with Gasteiger partial charge in [0.15, 0.2) is 0 Å². The normalized spacial score (nSPS) is 22.1. The number of nitrogens with one attached hydrogen (secondary N) is 1. The van der Waals surface area contributed by atoms with Crippen LogP contribution in [0.3, 0.4) is 0 Å². The number of amides is 1. The summed E-state index contributed by atoms with van der Waals surface area (Å²) in [6.07, 6.45) is 1.89. The van der Waals surface area contributed by atoms with Crippen LogP contribution in [0.5, 0.6) is 0 Å². The smallest absolute Gasteiger partial charge is 0.252 e. The lowest BCUT2D eigenvalue weighted by Crippen LogP contribution is -2.43. The second-order valence-electron chi connectivity index (χ2n) is 5.59. The molecule has 0 atom stereocenters. The molecule has 0 saturated carbocycles. The second kappa shape index (κ2) is 5.09. The van der Waals surface area contributed by atoms with Crippen LogP contribution in [0.1, 0.15) is 24.1 Å². The topological polar surface area (TPSA) is 90.3 Å². The van der Waals surface area contributed by atoms with Crippen molar-refractivity contribution in [2.75, 3.05) is 19.6 Å². The number of thiophene rings is 1. The number of carbonyl (C=O) groups is 1. The van der Waals surface area contributed by atoms with Crippen molar-refractivity contribution in [3.05, 3.63) is 17.0 Å². The van der Waals surface area contributed by atoms with Crippen LogP contribution in [0, 0.1) is 16.7 Å². The molecule has 1 spiro atoms. The third kappa shape index (κ3) is 2.57. The molecule has 0 unspecified atom stereocenters. The van der Waals surface area contributed by atoms with Crippen LogP contribution in [0.15, 0.2) is 16.3 Å². The van der Waals surface area contributed by atoms with Gasteiger partial charge in [0, 0.05) is 26.1 Å². The molecule has 0 aromatic carbocycles. The van der Waals surface area contributed by atoms with E-state index in [2.05, 4.69) is 5.32 Å². The maximum absolute atomic E-state index is 12.5. The Balaban J connectivity index is 1.74. The Morgan fingerprint density at radius 2 is 2.05 bits per heavy atom. The lowest BCUT2D eigenvalue weighted by molar-refractivity contribution is -0.119. The van der Waals surface area contributed by atoms with Crippen LogP contribution in [-0.2, 0) is 14.8 Å². The summed E-state index contributed by atoms with van der Waals surface area (Å²) in [6.45, 7) is 1.51. The summed E-state index contributed by atoms with van der Waals surface area (Å²) < 4.78 is 26.7. The van der Waals surface area contributed by atoms with Crippen molar-refractivity contribution in [1.82, 2.24) is 9.62 Å². The van der Waals surface area contributed by atoms with E-state index >= 15 is 0 Å². The summed E-state index contributed by atoms with van der Waals surface area (Å²) in [4.78, 5) is 11.8. The average Bonchev–Trinajstić information content (AvgIpc) is 3.07. The second-order valence-corrected chi connectivity index (χ2v) is 8.84. The molecule has 3 heterocycles. The molecule has 0 bridgehead atoms. The number of sulfonamides is 1. The van der Waals surface area contributed by atoms with Gasteiger partial charge in [0.1, 0.15) is 15.2 Å². The van der Waals surface area contributed by atoms with E-state index in [1.165, 1.54) is 16.4 Å². The van der Waals surface area contributed by atoms with Gasteiger partial charge in [-0.3, -0.25) is 4.79 Å². The van der Waals surface area contributed by atoms with Gasteiger partial charge in [0.2, 0.25) is 5.91 Å². The molecule has 2 aliphatic heterocycles. The highest BCUT2D eigenvalue weighted by molar-refractivity contribution is 7.91. The highest BCUT2D eigenvalue weighted by Crippen LogP contribution is 2.39. The lowest BCUT2D eigenvalue weighted by Gasteiger charge is -2.37. The minimum absolute atomic E-state index is 0.0585. The molecule has 1 aromatic heterocycles. The van der Waals surface area contributed by atoms with Crippen LogP contribution in [0.2, 0.25) is 0 Å². The van der Waals surface area contributed by atoms with Crippen LogP contribution < -0.4 is 5.32 Å². The third-order valence-electron chi connectivity index (χ3n) is 4.26. The van der Waals surface area contributed by atoms with Crippen LogP contribution in [0.25, 0.3) is 0 Å². The van der Waals surface area contributed by atoms with Crippen LogP contribution >= 0.6 is 11.3 Å². The number of nitriles is 1. The summed E-state index contributed by atoms with van der Waals surface area (Å²) >= 11 is 1.00. The Kier molecular flexibility index (Phi) is 3.51. The molecule has 2 fully saturated rings. The number of nitrogens with zero attached hydrogens (tertiary/aromatic N) is 2. The van der Waals surface area contributed by atoms with E-state index < -0.39 is 10.0 Å². The van der Waals surface area contributed by atoms with Crippen molar-refractivity contribution >= 4 is 27.3 Å². The minimum Gasteiger partial charge on any atom is -0.356 e. The predicted molar refractivity (Wildman–Crippen MR) is 77.1 cm³/mol. The fourth-order valence-electron chi connectivity index (χ4n) is 2.95. The van der Waals surface area contributed by atoms with Crippen molar-refractivity contribution in [3.8, 4) is 6.07 Å². The zero-order chi connectivity index (χ0) is 15.1. The van der Waals surface area contributed by atoms with Gasteiger partial charge >= 0.3 is 0 Å². The molecule has 3 rings (SSSR count). The standard InChI is InChI=1S/C13H15N3O3S2/c14-8-10-1-2-12(20-10)21(18,19)16-5-3-13(4-6-16)7-11(17)15-9-13/h1-2H,3-7,9H2,(H,15,17). The van der Waals surface area contributed by atoms with Crippen molar-refractivity contribution in [2.45, 2.75) is 23.5 Å². The predicted octanol–water partition coefficient (Wildman–Crippen LogP) is 0.911. The summed E-state index contributed by atoms with van der Waals surface area (Å²) in [5.41, 5.74) is -0.0730.